The van der Waals surface area contributed by atoms with Crippen LogP contribution in [0, 0.1) is 11.7 Å². The van der Waals surface area contributed by atoms with Crippen LogP contribution in [0.2, 0.25) is 0 Å². The van der Waals surface area contributed by atoms with Crippen molar-refractivity contribution in [1.82, 2.24) is 20.2 Å². The Hall–Kier alpha value is -2.50. The largest absolute Gasteiger partial charge is 0.331 e. The second-order valence-corrected chi connectivity index (χ2v) is 6.55. The highest BCUT2D eigenvalue weighted by Gasteiger charge is 2.30. The number of urea groups is 1. The van der Waals surface area contributed by atoms with E-state index in [2.05, 4.69) is 15.3 Å². The van der Waals surface area contributed by atoms with Crippen LogP contribution in [0.3, 0.4) is 0 Å². The van der Waals surface area contributed by atoms with Gasteiger partial charge < -0.3 is 10.2 Å². The summed E-state index contributed by atoms with van der Waals surface area (Å²) in [5, 5.41) is 3.03. The number of amides is 2. The zero-order chi connectivity index (χ0) is 17.6. The highest BCUT2D eigenvalue weighted by atomic mass is 19.1. The van der Waals surface area contributed by atoms with Gasteiger partial charge in [-0.15, -0.1) is 0 Å². The van der Waals surface area contributed by atoms with E-state index in [9.17, 15) is 9.18 Å². The summed E-state index contributed by atoms with van der Waals surface area (Å²) in [6, 6.07) is 6.17. The molecule has 6 heteroatoms. The van der Waals surface area contributed by atoms with Crippen LogP contribution in [0.4, 0.5) is 9.18 Å². The molecule has 25 heavy (non-hydrogen) atoms. The van der Waals surface area contributed by atoms with Crippen molar-refractivity contribution in [2.45, 2.75) is 38.3 Å². The first kappa shape index (κ1) is 17.3. The maximum atomic E-state index is 14.3. The summed E-state index contributed by atoms with van der Waals surface area (Å²) in [4.78, 5) is 22.4. The Morgan fingerprint density at radius 3 is 2.76 bits per heavy atom. The molecule has 1 heterocycles. The van der Waals surface area contributed by atoms with Crippen molar-refractivity contribution in [3.63, 3.8) is 0 Å². The molecule has 1 fully saturated rings. The second kappa shape index (κ2) is 8.05. The Kier molecular flexibility index (Phi) is 5.58. The van der Waals surface area contributed by atoms with Crippen LogP contribution in [0.25, 0.3) is 0 Å². The van der Waals surface area contributed by atoms with Crippen LogP contribution in [0.15, 0.2) is 42.9 Å². The van der Waals surface area contributed by atoms with Crippen molar-refractivity contribution in [3.05, 3.63) is 59.9 Å². The van der Waals surface area contributed by atoms with Gasteiger partial charge in [-0.05, 0) is 24.8 Å². The summed E-state index contributed by atoms with van der Waals surface area (Å²) in [5.41, 5.74) is 1.28. The predicted octanol–water partition coefficient (Wildman–Crippen LogP) is 3.69. The monoisotopic (exact) mass is 342 g/mol. The van der Waals surface area contributed by atoms with Gasteiger partial charge in [-0.2, -0.15) is 0 Å². The third-order valence-electron chi connectivity index (χ3n) is 4.75. The van der Waals surface area contributed by atoms with Gasteiger partial charge in [0.1, 0.15) is 5.82 Å². The lowest BCUT2D eigenvalue weighted by Gasteiger charge is -2.28. The normalized spacial score (nSPS) is 15.8. The summed E-state index contributed by atoms with van der Waals surface area (Å²) < 4.78 is 14.3. The molecule has 0 spiro atoms. The Balaban J connectivity index is 1.73. The highest BCUT2D eigenvalue weighted by molar-refractivity contribution is 5.74. The lowest BCUT2D eigenvalue weighted by molar-refractivity contribution is 0.196. The van der Waals surface area contributed by atoms with Gasteiger partial charge in [0.25, 0.3) is 0 Å². The number of carbonyl (C=O) groups is 1. The van der Waals surface area contributed by atoms with E-state index < -0.39 is 0 Å². The van der Waals surface area contributed by atoms with E-state index in [4.69, 9.17) is 0 Å². The van der Waals surface area contributed by atoms with E-state index in [0.717, 1.165) is 25.7 Å². The van der Waals surface area contributed by atoms with E-state index >= 15 is 0 Å². The number of nitrogens with zero attached hydrogens (tertiary/aromatic N) is 3. The molecule has 0 bridgehead atoms. The third kappa shape index (κ3) is 4.32. The third-order valence-corrected chi connectivity index (χ3v) is 4.75. The molecule has 1 saturated carbocycles. The zero-order valence-corrected chi connectivity index (χ0v) is 14.4. The van der Waals surface area contributed by atoms with E-state index in [1.807, 2.05) is 6.07 Å². The number of carbonyl (C=O) groups excluding carboxylic acids is 1. The molecule has 132 valence electrons. The minimum absolute atomic E-state index is 0.231. The smallest absolute Gasteiger partial charge is 0.317 e. The molecular weight excluding hydrogens is 319 g/mol. The molecule has 3 rings (SSSR count). The van der Waals surface area contributed by atoms with Crippen LogP contribution in [-0.2, 0) is 6.54 Å². The molecule has 1 atom stereocenters. The van der Waals surface area contributed by atoms with Gasteiger partial charge in [0, 0.05) is 25.0 Å². The summed E-state index contributed by atoms with van der Waals surface area (Å²) in [5.74, 6) is 0.00189. The fraction of sp³-hybridized carbons (Fsp3) is 0.421. The zero-order valence-electron chi connectivity index (χ0n) is 14.4. The number of benzene rings is 1. The maximum Gasteiger partial charge on any atom is 0.317 e. The quantitative estimate of drug-likeness (QED) is 0.901. The molecular formula is C19H23FN4O. The molecule has 1 aromatic carbocycles. The van der Waals surface area contributed by atoms with Crippen LogP contribution in [0.1, 0.15) is 43.0 Å². The van der Waals surface area contributed by atoms with Crippen LogP contribution in [0.5, 0.6) is 0 Å². The van der Waals surface area contributed by atoms with E-state index in [0.29, 0.717) is 17.8 Å². The number of hydrogen-bond acceptors (Lipinski definition) is 3. The fourth-order valence-electron chi connectivity index (χ4n) is 3.44. The summed E-state index contributed by atoms with van der Waals surface area (Å²) in [7, 11) is 1.71. The van der Waals surface area contributed by atoms with Crippen LogP contribution >= 0.6 is 0 Å². The van der Waals surface area contributed by atoms with Crippen molar-refractivity contribution in [1.29, 1.82) is 0 Å². The number of hydrogen-bond donors (Lipinski definition) is 1. The van der Waals surface area contributed by atoms with Gasteiger partial charge in [0.2, 0.25) is 0 Å². The van der Waals surface area contributed by atoms with Gasteiger partial charge in [-0.25, -0.2) is 9.18 Å². The number of halogens is 1. The molecule has 1 aromatic heterocycles. The van der Waals surface area contributed by atoms with Gasteiger partial charge >= 0.3 is 6.03 Å². The molecule has 5 nitrogen and oxygen atoms in total. The average Bonchev–Trinajstić information content (AvgIpc) is 3.15. The topological polar surface area (TPSA) is 58.1 Å². The van der Waals surface area contributed by atoms with Gasteiger partial charge in [0.15, 0.2) is 0 Å². The Morgan fingerprint density at radius 1 is 1.32 bits per heavy atom. The lowest BCUT2D eigenvalue weighted by atomic mass is 9.91. The summed E-state index contributed by atoms with van der Waals surface area (Å²) >= 11 is 0. The molecule has 0 saturated heterocycles. The Labute approximate surface area is 147 Å². The first-order chi connectivity index (χ1) is 12.1. The van der Waals surface area contributed by atoms with Gasteiger partial charge in [0.05, 0.1) is 24.5 Å². The minimum Gasteiger partial charge on any atom is -0.331 e. The number of nitrogens with one attached hydrogen (secondary N) is 1. The molecule has 0 aliphatic heterocycles. The average molecular weight is 342 g/mol. The van der Waals surface area contributed by atoms with Gasteiger partial charge in [-0.1, -0.05) is 31.0 Å². The minimum atomic E-state index is -0.305. The molecule has 1 N–H and O–H groups in total. The summed E-state index contributed by atoms with van der Waals surface area (Å²) in [6.45, 7) is 0.355. The maximum absolute atomic E-state index is 14.3. The Morgan fingerprint density at radius 2 is 2.08 bits per heavy atom. The highest BCUT2D eigenvalue weighted by Crippen LogP contribution is 2.36. The van der Waals surface area contributed by atoms with Crippen LogP contribution in [-0.4, -0.2) is 27.9 Å². The van der Waals surface area contributed by atoms with Crippen molar-refractivity contribution in [2.24, 2.45) is 5.92 Å². The molecule has 2 aromatic rings. The van der Waals surface area contributed by atoms with E-state index in [-0.39, 0.29) is 23.8 Å². The second-order valence-electron chi connectivity index (χ2n) is 6.55. The first-order valence-corrected chi connectivity index (χ1v) is 8.66. The Bertz CT molecular complexity index is 704. The molecule has 1 aliphatic rings. The van der Waals surface area contributed by atoms with Crippen LogP contribution < -0.4 is 5.32 Å². The van der Waals surface area contributed by atoms with E-state index in [1.54, 1.807) is 42.7 Å². The van der Waals surface area contributed by atoms with E-state index in [1.165, 1.54) is 6.07 Å². The SMILES string of the molecule is CN(Cc1cnccn1)C(=O)N[C@H](c1ccccc1F)C1CCCC1. The molecule has 0 unspecified atom stereocenters. The van der Waals surface area contributed by atoms with Crippen molar-refractivity contribution >= 4 is 6.03 Å². The van der Waals surface area contributed by atoms with Gasteiger partial charge in [-0.3, -0.25) is 9.97 Å². The molecule has 1 aliphatic carbocycles. The molecule has 0 radical (unpaired) electrons. The lowest BCUT2D eigenvalue weighted by Crippen LogP contribution is -2.41. The number of rotatable bonds is 5. The summed E-state index contributed by atoms with van der Waals surface area (Å²) in [6.07, 6.45) is 9.09. The van der Waals surface area contributed by atoms with Crippen molar-refractivity contribution < 1.29 is 9.18 Å². The first-order valence-electron chi connectivity index (χ1n) is 8.66. The number of aromatic nitrogens is 2. The fourth-order valence-corrected chi connectivity index (χ4v) is 3.44. The van der Waals surface area contributed by atoms with Crippen molar-refractivity contribution in [2.75, 3.05) is 7.05 Å². The standard InChI is InChI=1S/C19H23FN4O/c1-24(13-15-12-21-10-11-22-15)19(25)23-18(14-6-2-3-7-14)16-8-4-5-9-17(16)20/h4-5,8-12,14,18H,2-3,6-7,13H2,1H3,(H,23,25)/t18-/m0/s1. The molecule has 2 amide bonds. The van der Waals surface area contributed by atoms with Crippen molar-refractivity contribution in [3.8, 4) is 0 Å². The predicted molar refractivity (Wildman–Crippen MR) is 93.1 cm³/mol.